The number of halogens is 3. The van der Waals surface area contributed by atoms with E-state index in [2.05, 4.69) is 4.74 Å². The first-order valence-corrected chi connectivity index (χ1v) is 5.89. The molecule has 1 unspecified atom stereocenters. The van der Waals surface area contributed by atoms with Crippen molar-refractivity contribution in [3.63, 3.8) is 0 Å². The molecule has 0 spiro atoms. The second kappa shape index (κ2) is 6.99. The number of hydrazine groups is 1. The maximum absolute atomic E-state index is 12.3. The van der Waals surface area contributed by atoms with Crippen LogP contribution in [0.2, 0.25) is 0 Å². The number of nitrogens with two attached hydrogens (primary N) is 1. The van der Waals surface area contributed by atoms with Crippen molar-refractivity contribution in [1.82, 2.24) is 5.43 Å². The molecule has 3 N–H and O–H groups in total. The van der Waals surface area contributed by atoms with Crippen molar-refractivity contribution >= 4 is 5.91 Å². The number of rotatable bonds is 6. The maximum atomic E-state index is 12.3. The molecule has 0 heterocycles. The number of carbonyl (C=O) groups excluding carboxylic acids is 1. The van der Waals surface area contributed by atoms with Crippen LogP contribution in [0, 0.1) is 0 Å². The lowest BCUT2D eigenvalue weighted by Gasteiger charge is -2.19. The van der Waals surface area contributed by atoms with Crippen molar-refractivity contribution in [2.45, 2.75) is 32.2 Å². The van der Waals surface area contributed by atoms with Gasteiger partial charge < -0.3 is 9.47 Å². The molecular formula is C12H15F3N2O3. The molecule has 1 aromatic carbocycles. The predicted octanol–water partition coefficient (Wildman–Crippen LogP) is 2.12. The Kier molecular flexibility index (Phi) is 5.63. The Morgan fingerprint density at radius 3 is 2.45 bits per heavy atom. The van der Waals surface area contributed by atoms with Gasteiger partial charge in [0.2, 0.25) is 0 Å². The second-order valence-electron chi connectivity index (χ2n) is 3.90. The Morgan fingerprint density at radius 1 is 1.35 bits per heavy atom. The number of hydrogen-bond acceptors (Lipinski definition) is 4. The highest BCUT2D eigenvalue weighted by atomic mass is 19.4. The molecule has 1 aromatic rings. The van der Waals surface area contributed by atoms with E-state index in [4.69, 9.17) is 10.6 Å². The molecule has 0 aromatic heterocycles. The molecular weight excluding hydrogens is 277 g/mol. The quantitative estimate of drug-likeness (QED) is 0.478. The summed E-state index contributed by atoms with van der Waals surface area (Å²) in [6, 6.07) is 5.23. The van der Waals surface area contributed by atoms with E-state index < -0.39 is 24.1 Å². The standard InChI is InChI=1S/C12H15F3N2O3/c1-2-5-10(11(18)17-16)19-8-6-3-4-7-9(8)20-12(13,14)15/h3-4,6-7,10H,2,5,16H2,1H3,(H,17,18). The minimum Gasteiger partial charge on any atom is -0.477 e. The molecule has 0 saturated carbocycles. The summed E-state index contributed by atoms with van der Waals surface area (Å²) in [6.45, 7) is 1.80. The van der Waals surface area contributed by atoms with Crippen LogP contribution >= 0.6 is 0 Å². The van der Waals surface area contributed by atoms with Crippen molar-refractivity contribution in [3.05, 3.63) is 24.3 Å². The number of hydrogen-bond donors (Lipinski definition) is 2. The molecule has 1 rings (SSSR count). The van der Waals surface area contributed by atoms with Crippen LogP contribution in [0.1, 0.15) is 19.8 Å². The maximum Gasteiger partial charge on any atom is 0.573 e. The zero-order valence-corrected chi connectivity index (χ0v) is 10.7. The van der Waals surface area contributed by atoms with Gasteiger partial charge in [0.25, 0.3) is 5.91 Å². The Bertz CT molecular complexity index is 452. The number of amides is 1. The number of benzene rings is 1. The van der Waals surface area contributed by atoms with E-state index in [1.165, 1.54) is 18.2 Å². The lowest BCUT2D eigenvalue weighted by atomic mass is 10.2. The third-order valence-electron chi connectivity index (χ3n) is 2.33. The SMILES string of the molecule is CCCC(Oc1ccccc1OC(F)(F)F)C(=O)NN. The normalized spacial score (nSPS) is 12.7. The summed E-state index contributed by atoms with van der Waals surface area (Å²) in [5, 5.41) is 0. The van der Waals surface area contributed by atoms with E-state index >= 15 is 0 Å². The van der Waals surface area contributed by atoms with Crippen molar-refractivity contribution in [1.29, 1.82) is 0 Å². The van der Waals surface area contributed by atoms with E-state index in [9.17, 15) is 18.0 Å². The molecule has 0 radical (unpaired) electrons. The third-order valence-corrected chi connectivity index (χ3v) is 2.33. The Morgan fingerprint density at radius 2 is 1.95 bits per heavy atom. The topological polar surface area (TPSA) is 73.6 Å². The first-order chi connectivity index (χ1) is 9.37. The predicted molar refractivity (Wildman–Crippen MR) is 64.8 cm³/mol. The minimum atomic E-state index is -4.84. The highest BCUT2D eigenvalue weighted by molar-refractivity contribution is 5.80. The van der Waals surface area contributed by atoms with E-state index in [0.29, 0.717) is 12.8 Å². The van der Waals surface area contributed by atoms with Gasteiger partial charge in [0, 0.05) is 0 Å². The van der Waals surface area contributed by atoms with Gasteiger partial charge in [0.1, 0.15) is 0 Å². The van der Waals surface area contributed by atoms with Gasteiger partial charge in [-0.25, -0.2) is 5.84 Å². The fourth-order valence-electron chi connectivity index (χ4n) is 1.51. The lowest BCUT2D eigenvalue weighted by molar-refractivity contribution is -0.275. The second-order valence-corrected chi connectivity index (χ2v) is 3.90. The fraction of sp³-hybridized carbons (Fsp3) is 0.417. The highest BCUT2D eigenvalue weighted by Crippen LogP contribution is 2.32. The van der Waals surface area contributed by atoms with Crippen LogP contribution in [0.25, 0.3) is 0 Å². The molecule has 0 aliphatic rings. The Balaban J connectivity index is 2.92. The molecule has 1 amide bonds. The van der Waals surface area contributed by atoms with Gasteiger partial charge in [-0.05, 0) is 18.6 Å². The van der Waals surface area contributed by atoms with Crippen LogP contribution < -0.4 is 20.7 Å². The summed E-state index contributed by atoms with van der Waals surface area (Å²) < 4.78 is 45.9. The molecule has 0 bridgehead atoms. The van der Waals surface area contributed by atoms with Crippen LogP contribution in [-0.4, -0.2) is 18.4 Å². The zero-order valence-electron chi connectivity index (χ0n) is 10.7. The van der Waals surface area contributed by atoms with E-state index in [1.54, 1.807) is 6.92 Å². The number of nitrogens with one attached hydrogen (secondary N) is 1. The highest BCUT2D eigenvalue weighted by Gasteiger charge is 2.33. The van der Waals surface area contributed by atoms with Gasteiger partial charge in [0.05, 0.1) is 0 Å². The van der Waals surface area contributed by atoms with E-state index in [-0.39, 0.29) is 5.75 Å². The smallest absolute Gasteiger partial charge is 0.477 e. The van der Waals surface area contributed by atoms with Gasteiger partial charge in [-0.3, -0.25) is 10.2 Å². The van der Waals surface area contributed by atoms with Crippen molar-refractivity contribution in [3.8, 4) is 11.5 Å². The molecule has 1 atom stereocenters. The summed E-state index contributed by atoms with van der Waals surface area (Å²) >= 11 is 0. The first-order valence-electron chi connectivity index (χ1n) is 5.89. The molecule has 0 fully saturated rings. The van der Waals surface area contributed by atoms with Crippen molar-refractivity contribution in [2.75, 3.05) is 0 Å². The third kappa shape index (κ3) is 4.96. The molecule has 8 heteroatoms. The summed E-state index contributed by atoms with van der Waals surface area (Å²) in [5.41, 5.74) is 1.91. The van der Waals surface area contributed by atoms with Crippen LogP contribution in [0.4, 0.5) is 13.2 Å². The first kappa shape index (κ1) is 16.1. The van der Waals surface area contributed by atoms with Gasteiger partial charge in [-0.2, -0.15) is 0 Å². The Hall–Kier alpha value is -1.96. The number of para-hydroxylation sites is 2. The number of carbonyl (C=O) groups is 1. The molecule has 0 aliphatic heterocycles. The summed E-state index contributed by atoms with van der Waals surface area (Å²) in [5.74, 6) is 3.71. The number of alkyl halides is 3. The Labute approximate surface area is 113 Å². The largest absolute Gasteiger partial charge is 0.573 e. The van der Waals surface area contributed by atoms with Crippen LogP contribution in [0.3, 0.4) is 0 Å². The minimum absolute atomic E-state index is 0.174. The molecule has 0 saturated heterocycles. The summed E-state index contributed by atoms with van der Waals surface area (Å²) in [7, 11) is 0. The van der Waals surface area contributed by atoms with E-state index in [1.807, 2.05) is 5.43 Å². The fourth-order valence-corrected chi connectivity index (χ4v) is 1.51. The van der Waals surface area contributed by atoms with Gasteiger partial charge >= 0.3 is 6.36 Å². The van der Waals surface area contributed by atoms with E-state index in [0.717, 1.165) is 6.07 Å². The van der Waals surface area contributed by atoms with Crippen LogP contribution in [-0.2, 0) is 4.79 Å². The summed E-state index contributed by atoms with van der Waals surface area (Å²) in [4.78, 5) is 11.5. The number of ether oxygens (including phenoxy) is 2. The molecule has 20 heavy (non-hydrogen) atoms. The van der Waals surface area contributed by atoms with Gasteiger partial charge in [-0.15, -0.1) is 13.2 Å². The molecule has 112 valence electrons. The molecule has 0 aliphatic carbocycles. The summed E-state index contributed by atoms with van der Waals surface area (Å²) in [6.07, 6.45) is -4.91. The van der Waals surface area contributed by atoms with Crippen LogP contribution in [0.15, 0.2) is 24.3 Å². The molecule has 5 nitrogen and oxygen atoms in total. The average Bonchev–Trinajstić information content (AvgIpc) is 2.37. The van der Waals surface area contributed by atoms with Crippen LogP contribution in [0.5, 0.6) is 11.5 Å². The van der Waals surface area contributed by atoms with Crippen molar-refractivity contribution in [2.24, 2.45) is 5.84 Å². The lowest BCUT2D eigenvalue weighted by Crippen LogP contribution is -2.42. The monoisotopic (exact) mass is 292 g/mol. The van der Waals surface area contributed by atoms with Crippen molar-refractivity contribution < 1.29 is 27.4 Å². The average molecular weight is 292 g/mol. The van der Waals surface area contributed by atoms with Gasteiger partial charge in [0.15, 0.2) is 17.6 Å². The van der Waals surface area contributed by atoms with Gasteiger partial charge in [-0.1, -0.05) is 25.5 Å². The zero-order chi connectivity index (χ0) is 15.2.